The third-order valence-electron chi connectivity index (χ3n) is 2.98. The molecule has 0 N–H and O–H groups in total. The molecule has 1 heterocycles. The molecular formula is C12H16BrNO3S. The molecule has 1 atom stereocenters. The zero-order valence-electron chi connectivity index (χ0n) is 10.2. The van der Waals surface area contributed by atoms with Crippen LogP contribution in [0.1, 0.15) is 13.3 Å². The second-order valence-corrected chi connectivity index (χ2v) is 7.41. The van der Waals surface area contributed by atoms with Crippen LogP contribution in [0.2, 0.25) is 0 Å². The van der Waals surface area contributed by atoms with Crippen LogP contribution in [-0.2, 0) is 10.0 Å². The monoisotopic (exact) mass is 333 g/mol. The zero-order chi connectivity index (χ0) is 13.2. The van der Waals surface area contributed by atoms with Crippen LogP contribution >= 0.6 is 15.9 Å². The van der Waals surface area contributed by atoms with E-state index in [4.69, 9.17) is 4.74 Å². The van der Waals surface area contributed by atoms with Gasteiger partial charge in [-0.05, 0) is 37.6 Å². The van der Waals surface area contributed by atoms with E-state index in [2.05, 4.69) is 15.9 Å². The molecule has 1 aromatic carbocycles. The molecule has 1 fully saturated rings. The Morgan fingerprint density at radius 3 is 2.67 bits per heavy atom. The van der Waals surface area contributed by atoms with Gasteiger partial charge in [-0.2, -0.15) is 4.31 Å². The summed E-state index contributed by atoms with van der Waals surface area (Å²) in [7, 11) is -3.08. The van der Waals surface area contributed by atoms with E-state index in [1.807, 2.05) is 24.3 Å². The maximum Gasteiger partial charge on any atom is 0.213 e. The van der Waals surface area contributed by atoms with Crippen molar-refractivity contribution in [3.8, 4) is 5.75 Å². The summed E-state index contributed by atoms with van der Waals surface area (Å²) in [6.07, 6.45) is 0.697. The van der Waals surface area contributed by atoms with E-state index in [-0.39, 0.29) is 11.9 Å². The minimum absolute atomic E-state index is 0.0486. The predicted molar refractivity (Wildman–Crippen MR) is 74.2 cm³/mol. The smallest absolute Gasteiger partial charge is 0.213 e. The van der Waals surface area contributed by atoms with Crippen molar-refractivity contribution in [1.29, 1.82) is 0 Å². The van der Waals surface area contributed by atoms with Gasteiger partial charge in [-0.1, -0.05) is 15.9 Å². The maximum absolute atomic E-state index is 11.7. The fourth-order valence-corrected chi connectivity index (χ4v) is 3.34. The Morgan fingerprint density at radius 2 is 2.06 bits per heavy atom. The summed E-state index contributed by atoms with van der Waals surface area (Å²) < 4.78 is 31.7. The van der Waals surface area contributed by atoms with E-state index in [0.29, 0.717) is 13.1 Å². The molecule has 6 heteroatoms. The van der Waals surface area contributed by atoms with Gasteiger partial charge < -0.3 is 4.74 Å². The number of halogens is 1. The number of hydrogen-bond donors (Lipinski definition) is 0. The van der Waals surface area contributed by atoms with Crippen LogP contribution in [0.15, 0.2) is 28.7 Å². The van der Waals surface area contributed by atoms with Gasteiger partial charge in [0.05, 0.1) is 12.3 Å². The predicted octanol–water partition coefficient (Wildman–Crippen LogP) is 2.25. The molecule has 1 unspecified atom stereocenters. The van der Waals surface area contributed by atoms with Gasteiger partial charge in [-0.3, -0.25) is 0 Å². The lowest BCUT2D eigenvalue weighted by Gasteiger charge is -2.16. The molecule has 100 valence electrons. The number of sulfonamides is 1. The van der Waals surface area contributed by atoms with E-state index in [1.165, 1.54) is 4.31 Å². The fraction of sp³-hybridized carbons (Fsp3) is 0.500. The molecule has 1 aromatic rings. The summed E-state index contributed by atoms with van der Waals surface area (Å²) in [5.41, 5.74) is 0. The van der Waals surface area contributed by atoms with E-state index >= 15 is 0 Å². The third-order valence-corrected chi connectivity index (χ3v) is 5.36. The topological polar surface area (TPSA) is 46.6 Å². The van der Waals surface area contributed by atoms with Crippen LogP contribution in [-0.4, -0.2) is 37.7 Å². The van der Waals surface area contributed by atoms with Crippen LogP contribution in [0.3, 0.4) is 0 Å². The van der Waals surface area contributed by atoms with Crippen molar-refractivity contribution in [3.63, 3.8) is 0 Å². The van der Waals surface area contributed by atoms with Crippen LogP contribution in [0.5, 0.6) is 5.75 Å². The first-order valence-electron chi connectivity index (χ1n) is 5.91. The molecule has 0 aliphatic carbocycles. The highest BCUT2D eigenvalue weighted by atomic mass is 79.9. The standard InChI is InChI=1S/C12H16BrNO3S/c1-2-18(15,16)14-8-7-12(9-14)17-11-5-3-10(13)4-6-11/h3-6,12H,2,7-9H2,1H3. The van der Waals surface area contributed by atoms with Crippen LogP contribution in [0.25, 0.3) is 0 Å². The third kappa shape index (κ3) is 3.24. The summed E-state index contributed by atoms with van der Waals surface area (Å²) in [5, 5.41) is 0. The van der Waals surface area contributed by atoms with Crippen molar-refractivity contribution in [3.05, 3.63) is 28.7 Å². The van der Waals surface area contributed by atoms with E-state index in [9.17, 15) is 8.42 Å². The van der Waals surface area contributed by atoms with Gasteiger partial charge in [0.25, 0.3) is 0 Å². The molecule has 0 spiro atoms. The number of rotatable bonds is 4. The molecule has 18 heavy (non-hydrogen) atoms. The number of hydrogen-bond acceptors (Lipinski definition) is 3. The highest BCUT2D eigenvalue weighted by Crippen LogP contribution is 2.22. The Bertz CT molecular complexity index is 501. The molecule has 1 saturated heterocycles. The average Bonchev–Trinajstić information content (AvgIpc) is 2.81. The number of ether oxygens (including phenoxy) is 1. The van der Waals surface area contributed by atoms with Crippen LogP contribution < -0.4 is 4.74 Å². The molecule has 1 aliphatic heterocycles. The van der Waals surface area contributed by atoms with Crippen molar-refractivity contribution in [2.24, 2.45) is 0 Å². The van der Waals surface area contributed by atoms with Crippen molar-refractivity contribution < 1.29 is 13.2 Å². The van der Waals surface area contributed by atoms with Crippen molar-refractivity contribution in [1.82, 2.24) is 4.31 Å². The lowest BCUT2D eigenvalue weighted by atomic mass is 10.3. The Labute approximate surface area is 116 Å². The van der Waals surface area contributed by atoms with Gasteiger partial charge in [-0.15, -0.1) is 0 Å². The summed E-state index contributed by atoms with van der Waals surface area (Å²) in [6.45, 7) is 2.67. The minimum Gasteiger partial charge on any atom is -0.489 e. The molecule has 0 saturated carbocycles. The van der Waals surface area contributed by atoms with Crippen molar-refractivity contribution >= 4 is 26.0 Å². The second kappa shape index (κ2) is 5.59. The molecule has 0 amide bonds. The quantitative estimate of drug-likeness (QED) is 0.849. The van der Waals surface area contributed by atoms with Crippen molar-refractivity contribution in [2.45, 2.75) is 19.4 Å². The highest BCUT2D eigenvalue weighted by molar-refractivity contribution is 9.10. The summed E-state index contributed by atoms with van der Waals surface area (Å²) in [4.78, 5) is 0. The average molecular weight is 334 g/mol. The zero-order valence-corrected chi connectivity index (χ0v) is 12.6. The largest absolute Gasteiger partial charge is 0.489 e. The minimum atomic E-state index is -3.08. The molecule has 0 bridgehead atoms. The first-order chi connectivity index (χ1) is 8.51. The lowest BCUT2D eigenvalue weighted by Crippen LogP contribution is -2.32. The van der Waals surface area contributed by atoms with Crippen LogP contribution in [0.4, 0.5) is 0 Å². The Morgan fingerprint density at radius 1 is 1.39 bits per heavy atom. The summed E-state index contributed by atoms with van der Waals surface area (Å²) in [6, 6.07) is 7.57. The SMILES string of the molecule is CCS(=O)(=O)N1CCC(Oc2ccc(Br)cc2)C1. The van der Waals surface area contributed by atoms with E-state index < -0.39 is 10.0 Å². The molecule has 2 rings (SSSR count). The first-order valence-corrected chi connectivity index (χ1v) is 8.31. The Kier molecular flexibility index (Phi) is 4.29. The fourth-order valence-electron chi connectivity index (χ4n) is 1.93. The second-order valence-electron chi connectivity index (χ2n) is 4.24. The molecule has 0 aromatic heterocycles. The molecular weight excluding hydrogens is 318 g/mol. The number of nitrogens with zero attached hydrogens (tertiary/aromatic N) is 1. The van der Waals surface area contributed by atoms with Crippen molar-refractivity contribution in [2.75, 3.05) is 18.8 Å². The van der Waals surface area contributed by atoms with Gasteiger partial charge in [0, 0.05) is 11.0 Å². The number of benzene rings is 1. The van der Waals surface area contributed by atoms with Gasteiger partial charge >= 0.3 is 0 Å². The molecule has 0 radical (unpaired) electrons. The summed E-state index contributed by atoms with van der Waals surface area (Å²) >= 11 is 3.36. The Balaban J connectivity index is 1.96. The van der Waals surface area contributed by atoms with E-state index in [0.717, 1.165) is 16.6 Å². The van der Waals surface area contributed by atoms with Gasteiger partial charge in [0.1, 0.15) is 11.9 Å². The Hall–Kier alpha value is -0.590. The summed E-state index contributed by atoms with van der Waals surface area (Å²) in [5.74, 6) is 0.928. The lowest BCUT2D eigenvalue weighted by molar-refractivity contribution is 0.215. The van der Waals surface area contributed by atoms with E-state index in [1.54, 1.807) is 6.92 Å². The molecule has 4 nitrogen and oxygen atoms in total. The maximum atomic E-state index is 11.7. The first kappa shape index (κ1) is 13.8. The van der Waals surface area contributed by atoms with Gasteiger partial charge in [0.15, 0.2) is 0 Å². The van der Waals surface area contributed by atoms with Crippen LogP contribution in [0, 0.1) is 0 Å². The van der Waals surface area contributed by atoms with Gasteiger partial charge in [-0.25, -0.2) is 8.42 Å². The normalized spacial score (nSPS) is 21.1. The van der Waals surface area contributed by atoms with Gasteiger partial charge in [0.2, 0.25) is 10.0 Å². The highest BCUT2D eigenvalue weighted by Gasteiger charge is 2.31. The molecule has 1 aliphatic rings.